The number of aliphatic hydroxyl groups is 1. The third kappa shape index (κ3) is 5.42. The highest BCUT2D eigenvalue weighted by atomic mass is 16.4. The van der Waals surface area contributed by atoms with Crippen molar-refractivity contribution in [2.75, 3.05) is 0 Å². The fourth-order valence-corrected chi connectivity index (χ4v) is 1.10. The number of carboxylic acid groups (broad SMARTS) is 1. The van der Waals surface area contributed by atoms with Gasteiger partial charge in [-0.25, -0.2) is 0 Å². The average molecular weight is 186 g/mol. The topological polar surface area (TPSA) is 57.5 Å². The first-order valence-corrected chi connectivity index (χ1v) is 4.32. The van der Waals surface area contributed by atoms with Gasteiger partial charge in [-0.3, -0.25) is 4.79 Å². The van der Waals surface area contributed by atoms with Crippen LogP contribution in [0, 0.1) is 5.92 Å². The summed E-state index contributed by atoms with van der Waals surface area (Å²) in [5, 5.41) is 18.3. The van der Waals surface area contributed by atoms with Gasteiger partial charge in [0.2, 0.25) is 0 Å². The molecule has 3 heteroatoms. The maximum atomic E-state index is 10.5. The van der Waals surface area contributed by atoms with Crippen molar-refractivity contribution in [3.63, 3.8) is 0 Å². The minimum absolute atomic E-state index is 0.0331. The molecule has 13 heavy (non-hydrogen) atoms. The Hall–Kier alpha value is -0.830. The van der Waals surface area contributed by atoms with Crippen LogP contribution in [0.1, 0.15) is 34.1 Å². The van der Waals surface area contributed by atoms with Crippen LogP contribution in [-0.2, 0) is 4.79 Å². The Labute approximate surface area is 79.1 Å². The van der Waals surface area contributed by atoms with E-state index < -0.39 is 11.6 Å². The maximum Gasteiger partial charge on any atom is 0.304 e. The summed E-state index contributed by atoms with van der Waals surface area (Å²) in [5.41, 5.74) is 0.0451. The summed E-state index contributed by atoms with van der Waals surface area (Å²) in [7, 11) is 0. The molecule has 0 saturated carbocycles. The molecule has 0 aliphatic carbocycles. The van der Waals surface area contributed by atoms with E-state index in [4.69, 9.17) is 5.11 Å². The number of rotatable bonds is 4. The number of carbonyl (C=O) groups is 1. The van der Waals surface area contributed by atoms with Gasteiger partial charge in [0.05, 0.1) is 12.0 Å². The Morgan fingerprint density at radius 1 is 1.46 bits per heavy atom. The second-order valence-electron chi connectivity index (χ2n) is 4.10. The van der Waals surface area contributed by atoms with Crippen LogP contribution in [0.2, 0.25) is 0 Å². The molecule has 1 unspecified atom stereocenters. The Bertz CT molecular complexity index is 207. The van der Waals surface area contributed by atoms with E-state index in [1.54, 1.807) is 19.9 Å². The van der Waals surface area contributed by atoms with Crippen molar-refractivity contribution >= 4 is 5.97 Å². The van der Waals surface area contributed by atoms with Gasteiger partial charge in [-0.15, -0.1) is 0 Å². The number of allylic oxidation sites excluding steroid dienone is 1. The van der Waals surface area contributed by atoms with Crippen molar-refractivity contribution in [1.29, 1.82) is 0 Å². The van der Waals surface area contributed by atoms with Crippen LogP contribution in [0.3, 0.4) is 0 Å². The molecule has 0 amide bonds. The predicted octanol–water partition coefficient (Wildman–Crippen LogP) is 1.81. The predicted molar refractivity (Wildman–Crippen MR) is 51.5 cm³/mol. The summed E-state index contributed by atoms with van der Waals surface area (Å²) in [5.74, 6) is -1.21. The molecule has 0 aliphatic heterocycles. The molecule has 0 aromatic heterocycles. The fourth-order valence-electron chi connectivity index (χ4n) is 1.10. The van der Waals surface area contributed by atoms with Crippen LogP contribution in [-0.4, -0.2) is 21.8 Å². The number of carboxylic acids is 1. The molecule has 0 aromatic rings. The Kier molecular flexibility index (Phi) is 4.14. The van der Waals surface area contributed by atoms with Crippen molar-refractivity contribution in [3.8, 4) is 0 Å². The van der Waals surface area contributed by atoms with Gasteiger partial charge in [-0.1, -0.05) is 11.6 Å². The van der Waals surface area contributed by atoms with Crippen LogP contribution in [0.15, 0.2) is 11.6 Å². The molecule has 76 valence electrons. The van der Waals surface area contributed by atoms with Gasteiger partial charge in [0.25, 0.3) is 0 Å². The Morgan fingerprint density at radius 2 is 1.92 bits per heavy atom. The van der Waals surface area contributed by atoms with Gasteiger partial charge in [-0.05, 0) is 27.7 Å². The molecule has 0 fully saturated rings. The molecule has 3 nitrogen and oxygen atoms in total. The third-order valence-corrected chi connectivity index (χ3v) is 1.84. The molecule has 0 rings (SSSR count). The summed E-state index contributed by atoms with van der Waals surface area (Å²) in [6.07, 6.45) is 1.77. The van der Waals surface area contributed by atoms with Gasteiger partial charge < -0.3 is 10.2 Å². The Balaban J connectivity index is 4.57. The van der Waals surface area contributed by atoms with Crippen molar-refractivity contribution in [1.82, 2.24) is 0 Å². The van der Waals surface area contributed by atoms with E-state index in [0.717, 1.165) is 5.57 Å². The molecule has 0 aliphatic rings. The normalized spacial score (nSPS) is 13.6. The standard InChI is InChI=1S/C10H18O3/c1-7(2)5-8(6-9(11)12)10(3,4)13/h5,8,13H,6H2,1-4H3,(H,11,12). The monoisotopic (exact) mass is 186 g/mol. The fraction of sp³-hybridized carbons (Fsp3) is 0.700. The smallest absolute Gasteiger partial charge is 0.304 e. The highest BCUT2D eigenvalue weighted by Crippen LogP contribution is 2.22. The SMILES string of the molecule is CC(C)=CC(CC(=O)O)C(C)(C)O. The largest absolute Gasteiger partial charge is 0.481 e. The first-order chi connectivity index (χ1) is 5.73. The second kappa shape index (κ2) is 4.42. The lowest BCUT2D eigenvalue weighted by atomic mass is 9.87. The van der Waals surface area contributed by atoms with E-state index in [-0.39, 0.29) is 12.3 Å². The zero-order valence-corrected chi connectivity index (χ0v) is 8.66. The Morgan fingerprint density at radius 3 is 2.15 bits per heavy atom. The second-order valence-corrected chi connectivity index (χ2v) is 4.10. The summed E-state index contributed by atoms with van der Waals surface area (Å²) in [6.45, 7) is 7.03. The zero-order valence-electron chi connectivity index (χ0n) is 8.66. The minimum Gasteiger partial charge on any atom is -0.481 e. The van der Waals surface area contributed by atoms with Crippen LogP contribution in [0.5, 0.6) is 0 Å². The molecular formula is C10H18O3. The molecule has 0 bridgehead atoms. The van der Waals surface area contributed by atoms with Gasteiger partial charge in [0, 0.05) is 5.92 Å². The minimum atomic E-state index is -0.977. The molecule has 0 heterocycles. The quantitative estimate of drug-likeness (QED) is 0.658. The van der Waals surface area contributed by atoms with Crippen molar-refractivity contribution < 1.29 is 15.0 Å². The first-order valence-electron chi connectivity index (χ1n) is 4.32. The van der Waals surface area contributed by atoms with E-state index >= 15 is 0 Å². The molecule has 0 radical (unpaired) electrons. The van der Waals surface area contributed by atoms with Crippen molar-refractivity contribution in [3.05, 3.63) is 11.6 Å². The van der Waals surface area contributed by atoms with Gasteiger partial charge in [0.1, 0.15) is 0 Å². The van der Waals surface area contributed by atoms with Crippen LogP contribution >= 0.6 is 0 Å². The summed E-state index contributed by atoms with van der Waals surface area (Å²) < 4.78 is 0. The molecule has 0 saturated heterocycles. The number of hydrogen-bond acceptors (Lipinski definition) is 2. The summed E-state index contributed by atoms with van der Waals surface area (Å²) in [6, 6.07) is 0. The van der Waals surface area contributed by atoms with Crippen molar-refractivity contribution in [2.24, 2.45) is 5.92 Å². The van der Waals surface area contributed by atoms with Crippen LogP contribution in [0.4, 0.5) is 0 Å². The van der Waals surface area contributed by atoms with Crippen molar-refractivity contribution in [2.45, 2.75) is 39.7 Å². The van der Waals surface area contributed by atoms with Crippen LogP contribution < -0.4 is 0 Å². The highest BCUT2D eigenvalue weighted by molar-refractivity contribution is 5.67. The molecule has 2 N–H and O–H groups in total. The highest BCUT2D eigenvalue weighted by Gasteiger charge is 2.26. The molecule has 0 spiro atoms. The van der Waals surface area contributed by atoms with Gasteiger partial charge >= 0.3 is 5.97 Å². The van der Waals surface area contributed by atoms with Crippen LogP contribution in [0.25, 0.3) is 0 Å². The third-order valence-electron chi connectivity index (χ3n) is 1.84. The zero-order chi connectivity index (χ0) is 10.6. The lowest BCUT2D eigenvalue weighted by Gasteiger charge is -2.25. The van der Waals surface area contributed by atoms with E-state index in [2.05, 4.69) is 0 Å². The summed E-state index contributed by atoms with van der Waals surface area (Å²) in [4.78, 5) is 10.5. The number of aliphatic carboxylic acids is 1. The average Bonchev–Trinajstić information content (AvgIpc) is 1.81. The lowest BCUT2D eigenvalue weighted by Crippen LogP contribution is -2.31. The molecular weight excluding hydrogens is 168 g/mol. The van der Waals surface area contributed by atoms with Gasteiger partial charge in [0.15, 0.2) is 0 Å². The van der Waals surface area contributed by atoms with E-state index in [1.165, 1.54) is 0 Å². The first kappa shape index (κ1) is 12.2. The molecule has 1 atom stereocenters. The van der Waals surface area contributed by atoms with E-state index in [0.29, 0.717) is 0 Å². The van der Waals surface area contributed by atoms with E-state index in [1.807, 2.05) is 13.8 Å². The maximum absolute atomic E-state index is 10.5. The summed E-state index contributed by atoms with van der Waals surface area (Å²) >= 11 is 0. The molecule has 0 aromatic carbocycles. The number of hydrogen-bond donors (Lipinski definition) is 2. The van der Waals surface area contributed by atoms with Gasteiger partial charge in [-0.2, -0.15) is 0 Å². The lowest BCUT2D eigenvalue weighted by molar-refractivity contribution is -0.139. The van der Waals surface area contributed by atoms with E-state index in [9.17, 15) is 9.90 Å².